The standard InChI is InChI=1S/C19H22FN7O4S/c1-11(28)22-8-14-9-27(19(30)31-14)13-4-2-12(3-5-13)25-6-7-26(15(20)10-25)18-24-23-17(32-18)16(21)29/h2-5,14-15H,6-10H2,1H3,(H2,21,29)(H,22,28). The fraction of sp³-hybridized carbons (Fsp3) is 0.421. The number of hydrogen-bond donors (Lipinski definition) is 2. The minimum Gasteiger partial charge on any atom is -0.442 e. The molecule has 170 valence electrons. The van der Waals surface area contributed by atoms with Crippen LogP contribution in [0, 0.1) is 0 Å². The van der Waals surface area contributed by atoms with Crippen LogP contribution in [-0.2, 0) is 9.53 Å². The number of carbonyl (C=O) groups excluding carboxylic acids is 3. The number of hydrogen-bond acceptors (Lipinski definition) is 9. The average molecular weight is 463 g/mol. The quantitative estimate of drug-likeness (QED) is 0.599. The Hall–Kier alpha value is -3.48. The number of nitrogens with two attached hydrogens (primary N) is 1. The molecule has 2 atom stereocenters. The van der Waals surface area contributed by atoms with Gasteiger partial charge >= 0.3 is 6.09 Å². The maximum atomic E-state index is 14.8. The molecule has 0 bridgehead atoms. The number of ether oxygens (including phenoxy) is 1. The topological polar surface area (TPSA) is 134 Å². The van der Waals surface area contributed by atoms with Crippen LogP contribution < -0.4 is 25.8 Å². The van der Waals surface area contributed by atoms with Crippen molar-refractivity contribution in [3.05, 3.63) is 29.3 Å². The maximum absolute atomic E-state index is 14.8. The van der Waals surface area contributed by atoms with E-state index in [1.807, 2.05) is 17.0 Å². The van der Waals surface area contributed by atoms with E-state index in [9.17, 15) is 18.8 Å². The first-order valence-electron chi connectivity index (χ1n) is 9.93. The SMILES string of the molecule is CC(=O)NCC1CN(c2ccc(N3CCN(c4nnc(C(N)=O)s4)C(F)C3)cc2)C(=O)O1. The van der Waals surface area contributed by atoms with E-state index >= 15 is 0 Å². The maximum Gasteiger partial charge on any atom is 0.414 e. The van der Waals surface area contributed by atoms with E-state index in [2.05, 4.69) is 15.5 Å². The molecule has 2 saturated heterocycles. The van der Waals surface area contributed by atoms with E-state index in [0.717, 1.165) is 17.0 Å². The van der Waals surface area contributed by atoms with Gasteiger partial charge in [-0.25, -0.2) is 9.18 Å². The van der Waals surface area contributed by atoms with Gasteiger partial charge in [0.05, 0.1) is 19.6 Å². The monoisotopic (exact) mass is 463 g/mol. The van der Waals surface area contributed by atoms with Crippen LogP contribution in [0.15, 0.2) is 24.3 Å². The lowest BCUT2D eigenvalue weighted by Gasteiger charge is -2.38. The van der Waals surface area contributed by atoms with Crippen LogP contribution in [0.4, 0.5) is 25.7 Å². The fourth-order valence-corrected chi connectivity index (χ4v) is 4.32. The number of aromatic nitrogens is 2. The molecule has 2 aliphatic heterocycles. The highest BCUT2D eigenvalue weighted by Crippen LogP contribution is 2.29. The number of alkyl halides is 1. The molecular weight excluding hydrogens is 441 g/mol. The third-order valence-electron chi connectivity index (χ3n) is 5.17. The van der Waals surface area contributed by atoms with E-state index < -0.39 is 24.4 Å². The highest BCUT2D eigenvalue weighted by Gasteiger charge is 2.33. The van der Waals surface area contributed by atoms with Crippen LogP contribution in [0.3, 0.4) is 0 Å². The second kappa shape index (κ2) is 8.94. The number of anilines is 3. The number of halogens is 1. The van der Waals surface area contributed by atoms with Gasteiger partial charge in [0, 0.05) is 31.4 Å². The second-order valence-electron chi connectivity index (χ2n) is 7.40. The van der Waals surface area contributed by atoms with Crippen molar-refractivity contribution >= 4 is 45.8 Å². The highest BCUT2D eigenvalue weighted by atomic mass is 32.1. The summed E-state index contributed by atoms with van der Waals surface area (Å²) in [5.41, 5.74) is 6.66. The summed E-state index contributed by atoms with van der Waals surface area (Å²) in [4.78, 5) is 39.3. The van der Waals surface area contributed by atoms with Gasteiger partial charge in [-0.1, -0.05) is 11.3 Å². The van der Waals surface area contributed by atoms with Gasteiger partial charge in [-0.3, -0.25) is 14.5 Å². The summed E-state index contributed by atoms with van der Waals surface area (Å²) in [5, 5.41) is 10.6. The molecule has 11 nitrogen and oxygen atoms in total. The molecule has 1 aromatic heterocycles. The molecular formula is C19H22FN7O4S. The first kappa shape index (κ1) is 21.7. The van der Waals surface area contributed by atoms with Crippen LogP contribution >= 0.6 is 11.3 Å². The Kier molecular flexibility index (Phi) is 6.08. The smallest absolute Gasteiger partial charge is 0.414 e. The number of nitrogens with zero attached hydrogens (tertiary/aromatic N) is 5. The summed E-state index contributed by atoms with van der Waals surface area (Å²) in [5.74, 6) is -0.874. The largest absolute Gasteiger partial charge is 0.442 e. The highest BCUT2D eigenvalue weighted by molar-refractivity contribution is 7.17. The van der Waals surface area contributed by atoms with Crippen LogP contribution in [0.1, 0.15) is 16.7 Å². The summed E-state index contributed by atoms with van der Waals surface area (Å²) >= 11 is 0.968. The molecule has 32 heavy (non-hydrogen) atoms. The molecule has 0 saturated carbocycles. The second-order valence-corrected chi connectivity index (χ2v) is 8.35. The first-order valence-corrected chi connectivity index (χ1v) is 10.7. The zero-order valence-electron chi connectivity index (χ0n) is 17.2. The zero-order chi connectivity index (χ0) is 22.8. The van der Waals surface area contributed by atoms with Crippen molar-refractivity contribution in [2.75, 3.05) is 47.4 Å². The normalized spacial score (nSPS) is 20.9. The number of rotatable bonds is 6. The summed E-state index contributed by atoms with van der Waals surface area (Å²) in [6, 6.07) is 7.20. The minimum absolute atomic E-state index is 0.0463. The number of cyclic esters (lactones) is 1. The number of carbonyl (C=O) groups is 3. The first-order chi connectivity index (χ1) is 15.3. The van der Waals surface area contributed by atoms with Crippen molar-refractivity contribution in [1.29, 1.82) is 0 Å². The molecule has 2 aliphatic rings. The molecule has 3 N–H and O–H groups in total. The Labute approximate surface area is 186 Å². The molecule has 0 aliphatic carbocycles. The molecule has 2 aromatic rings. The van der Waals surface area contributed by atoms with E-state index in [0.29, 0.717) is 30.5 Å². The van der Waals surface area contributed by atoms with E-state index in [1.54, 1.807) is 12.1 Å². The number of piperazine rings is 1. The Morgan fingerprint density at radius 1 is 1.22 bits per heavy atom. The summed E-state index contributed by atoms with van der Waals surface area (Å²) in [7, 11) is 0. The van der Waals surface area contributed by atoms with Crippen molar-refractivity contribution in [3.63, 3.8) is 0 Å². The van der Waals surface area contributed by atoms with Crippen LogP contribution in [-0.4, -0.2) is 73.2 Å². The van der Waals surface area contributed by atoms with Gasteiger partial charge in [-0.05, 0) is 24.3 Å². The molecule has 2 fully saturated rings. The van der Waals surface area contributed by atoms with Gasteiger partial charge in [-0.15, -0.1) is 10.2 Å². The number of primary amides is 1. The molecule has 3 amide bonds. The number of benzene rings is 1. The van der Waals surface area contributed by atoms with E-state index in [1.165, 1.54) is 16.7 Å². The predicted octanol–water partition coefficient (Wildman–Crippen LogP) is 0.720. The molecule has 2 unspecified atom stereocenters. The number of amides is 3. The lowest BCUT2D eigenvalue weighted by molar-refractivity contribution is -0.119. The Morgan fingerprint density at radius 2 is 1.94 bits per heavy atom. The van der Waals surface area contributed by atoms with Crippen molar-refractivity contribution in [3.8, 4) is 0 Å². The van der Waals surface area contributed by atoms with Crippen LogP contribution in [0.5, 0.6) is 0 Å². The predicted molar refractivity (Wildman–Crippen MR) is 116 cm³/mol. The average Bonchev–Trinajstić information content (AvgIpc) is 3.39. The van der Waals surface area contributed by atoms with Gasteiger partial charge in [0.15, 0.2) is 6.30 Å². The molecule has 1 aromatic carbocycles. The summed E-state index contributed by atoms with van der Waals surface area (Å²) < 4.78 is 20.1. The summed E-state index contributed by atoms with van der Waals surface area (Å²) in [6.45, 7) is 3.00. The molecule has 3 heterocycles. The Balaban J connectivity index is 1.37. The zero-order valence-corrected chi connectivity index (χ0v) is 18.0. The lowest BCUT2D eigenvalue weighted by Crippen LogP contribution is -2.51. The van der Waals surface area contributed by atoms with Crippen molar-refractivity contribution < 1.29 is 23.5 Å². The van der Waals surface area contributed by atoms with Gasteiger partial charge in [0.25, 0.3) is 5.91 Å². The van der Waals surface area contributed by atoms with Crippen molar-refractivity contribution in [2.45, 2.75) is 19.3 Å². The molecule has 4 rings (SSSR count). The van der Waals surface area contributed by atoms with Gasteiger partial charge in [0.2, 0.25) is 16.0 Å². The number of nitrogens with one attached hydrogen (secondary N) is 1. The molecule has 0 radical (unpaired) electrons. The Morgan fingerprint density at radius 3 is 2.56 bits per heavy atom. The van der Waals surface area contributed by atoms with E-state index in [4.69, 9.17) is 10.5 Å². The van der Waals surface area contributed by atoms with E-state index in [-0.39, 0.29) is 24.0 Å². The van der Waals surface area contributed by atoms with Crippen molar-refractivity contribution in [1.82, 2.24) is 15.5 Å². The van der Waals surface area contributed by atoms with Gasteiger partial charge in [0.1, 0.15) is 6.10 Å². The fourth-order valence-electron chi connectivity index (χ4n) is 3.56. The minimum atomic E-state index is -1.33. The Bertz CT molecular complexity index is 1020. The third-order valence-corrected chi connectivity index (χ3v) is 6.15. The van der Waals surface area contributed by atoms with Crippen LogP contribution in [0.2, 0.25) is 0 Å². The van der Waals surface area contributed by atoms with Gasteiger partial charge < -0.3 is 25.6 Å². The molecule has 13 heteroatoms. The molecule has 0 spiro atoms. The third kappa shape index (κ3) is 4.56. The van der Waals surface area contributed by atoms with Crippen molar-refractivity contribution in [2.24, 2.45) is 5.73 Å². The van der Waals surface area contributed by atoms with Crippen LogP contribution in [0.25, 0.3) is 0 Å². The lowest BCUT2D eigenvalue weighted by atomic mass is 10.2. The summed E-state index contributed by atoms with van der Waals surface area (Å²) in [6.07, 6.45) is -2.22. The van der Waals surface area contributed by atoms with Gasteiger partial charge in [-0.2, -0.15) is 0 Å².